The lowest BCUT2D eigenvalue weighted by atomic mass is 10.1. The van der Waals surface area contributed by atoms with Gasteiger partial charge in [-0.1, -0.05) is 30.3 Å². The molecule has 0 aliphatic carbocycles. The summed E-state index contributed by atoms with van der Waals surface area (Å²) in [5.41, 5.74) is 2.32. The van der Waals surface area contributed by atoms with E-state index in [0.717, 1.165) is 16.3 Å². The Balaban J connectivity index is 1.34. The molecular formula is C24H25N3O4S. The Labute approximate surface area is 191 Å². The van der Waals surface area contributed by atoms with Crippen LogP contribution in [0.5, 0.6) is 11.5 Å². The Kier molecular flexibility index (Phi) is 6.70. The first-order chi connectivity index (χ1) is 15.6. The Morgan fingerprint density at radius 1 is 0.969 bits per heavy atom. The number of thiazole rings is 1. The maximum absolute atomic E-state index is 13.0. The molecule has 7 nitrogen and oxygen atoms in total. The summed E-state index contributed by atoms with van der Waals surface area (Å²) in [5, 5.41) is 2.85. The zero-order valence-corrected chi connectivity index (χ0v) is 18.9. The van der Waals surface area contributed by atoms with Crippen LogP contribution in [-0.4, -0.2) is 67.0 Å². The van der Waals surface area contributed by atoms with Crippen LogP contribution in [0.4, 0.5) is 0 Å². The summed E-state index contributed by atoms with van der Waals surface area (Å²) in [6.07, 6.45) is 0.267. The van der Waals surface area contributed by atoms with E-state index in [0.29, 0.717) is 43.2 Å². The molecule has 1 saturated heterocycles. The van der Waals surface area contributed by atoms with E-state index in [1.807, 2.05) is 35.7 Å². The van der Waals surface area contributed by atoms with E-state index in [-0.39, 0.29) is 18.2 Å². The highest BCUT2D eigenvalue weighted by Crippen LogP contribution is 2.26. The van der Waals surface area contributed by atoms with Gasteiger partial charge in [0.2, 0.25) is 5.91 Å². The smallest absolute Gasteiger partial charge is 0.257 e. The summed E-state index contributed by atoms with van der Waals surface area (Å²) < 4.78 is 10.6. The molecule has 2 amide bonds. The summed E-state index contributed by atoms with van der Waals surface area (Å²) in [4.78, 5) is 33.9. The normalized spacial score (nSPS) is 13.7. The lowest BCUT2D eigenvalue weighted by Crippen LogP contribution is -2.51. The highest BCUT2D eigenvalue weighted by Gasteiger charge is 2.27. The second-order valence-electron chi connectivity index (χ2n) is 7.43. The third kappa shape index (κ3) is 4.75. The van der Waals surface area contributed by atoms with E-state index in [1.54, 1.807) is 46.4 Å². The van der Waals surface area contributed by atoms with Gasteiger partial charge in [0.05, 0.1) is 31.9 Å². The number of carbonyl (C=O) groups excluding carboxylic acids is 2. The van der Waals surface area contributed by atoms with Gasteiger partial charge in [-0.25, -0.2) is 4.98 Å². The molecule has 0 unspecified atom stereocenters. The molecule has 2 heterocycles. The van der Waals surface area contributed by atoms with Crippen LogP contribution < -0.4 is 9.47 Å². The molecule has 0 N–H and O–H groups in total. The van der Waals surface area contributed by atoms with Crippen molar-refractivity contribution < 1.29 is 19.1 Å². The molecule has 1 fully saturated rings. The van der Waals surface area contributed by atoms with Gasteiger partial charge in [-0.05, 0) is 12.1 Å². The fourth-order valence-corrected chi connectivity index (χ4v) is 4.50. The van der Waals surface area contributed by atoms with Crippen molar-refractivity contribution in [2.75, 3.05) is 40.4 Å². The molecule has 0 radical (unpaired) electrons. The average molecular weight is 452 g/mol. The van der Waals surface area contributed by atoms with Crippen LogP contribution in [0.2, 0.25) is 0 Å². The second-order valence-corrected chi connectivity index (χ2v) is 8.28. The van der Waals surface area contributed by atoms with Crippen LogP contribution in [0.3, 0.4) is 0 Å². The van der Waals surface area contributed by atoms with Gasteiger partial charge < -0.3 is 19.3 Å². The largest absolute Gasteiger partial charge is 0.497 e. The topological polar surface area (TPSA) is 72.0 Å². The zero-order valence-electron chi connectivity index (χ0n) is 18.1. The van der Waals surface area contributed by atoms with Crippen LogP contribution in [-0.2, 0) is 11.2 Å². The first kappa shape index (κ1) is 21.8. The molecule has 0 bridgehead atoms. The number of hydrogen-bond acceptors (Lipinski definition) is 6. The van der Waals surface area contributed by atoms with E-state index in [9.17, 15) is 9.59 Å². The van der Waals surface area contributed by atoms with Crippen LogP contribution in [0.1, 0.15) is 16.1 Å². The first-order valence-corrected chi connectivity index (χ1v) is 11.3. The minimum absolute atomic E-state index is 0.0315. The van der Waals surface area contributed by atoms with E-state index < -0.39 is 0 Å². The molecule has 1 aromatic heterocycles. The molecule has 1 aliphatic heterocycles. The Hall–Kier alpha value is -3.39. The van der Waals surface area contributed by atoms with Crippen molar-refractivity contribution >= 4 is 23.2 Å². The minimum Gasteiger partial charge on any atom is -0.497 e. The molecule has 3 aromatic rings. The molecular weight excluding hydrogens is 426 g/mol. The van der Waals surface area contributed by atoms with Crippen LogP contribution in [0.15, 0.2) is 53.9 Å². The van der Waals surface area contributed by atoms with Gasteiger partial charge in [-0.3, -0.25) is 9.59 Å². The van der Waals surface area contributed by atoms with Gasteiger partial charge in [-0.2, -0.15) is 0 Å². The van der Waals surface area contributed by atoms with E-state index >= 15 is 0 Å². The number of benzene rings is 2. The number of methoxy groups -OCH3 is 2. The van der Waals surface area contributed by atoms with Crippen molar-refractivity contribution in [3.63, 3.8) is 0 Å². The maximum Gasteiger partial charge on any atom is 0.257 e. The van der Waals surface area contributed by atoms with Gasteiger partial charge in [0.25, 0.3) is 5.91 Å². The summed E-state index contributed by atoms with van der Waals surface area (Å²) in [5.74, 6) is 1.03. The molecule has 8 heteroatoms. The molecule has 4 rings (SSSR count). The highest BCUT2D eigenvalue weighted by atomic mass is 32.1. The Morgan fingerprint density at radius 3 is 2.38 bits per heavy atom. The minimum atomic E-state index is -0.108. The molecule has 2 aromatic carbocycles. The summed E-state index contributed by atoms with van der Waals surface area (Å²) in [6, 6.07) is 15.1. The second kappa shape index (κ2) is 9.82. The maximum atomic E-state index is 13.0. The lowest BCUT2D eigenvalue weighted by molar-refractivity contribution is -0.132. The molecule has 32 heavy (non-hydrogen) atoms. The Morgan fingerprint density at radius 2 is 1.69 bits per heavy atom. The molecule has 0 spiro atoms. The fraction of sp³-hybridized carbons (Fsp3) is 0.292. The van der Waals surface area contributed by atoms with Crippen molar-refractivity contribution in [1.82, 2.24) is 14.8 Å². The number of nitrogens with zero attached hydrogens (tertiary/aromatic N) is 3. The van der Waals surface area contributed by atoms with Gasteiger partial charge in [0.15, 0.2) is 0 Å². The number of carbonyl (C=O) groups is 2. The number of amides is 2. The van der Waals surface area contributed by atoms with Gasteiger partial charge in [0.1, 0.15) is 16.5 Å². The van der Waals surface area contributed by atoms with Crippen molar-refractivity contribution in [2.24, 2.45) is 0 Å². The number of piperazine rings is 1. The number of rotatable bonds is 6. The number of aromatic nitrogens is 1. The third-order valence-corrected chi connectivity index (χ3v) is 6.40. The SMILES string of the molecule is COc1ccc(C(=O)N2CCN(C(=O)Cc3csc(-c4ccccc4)n3)CC2)c(OC)c1. The number of ether oxygens (including phenoxy) is 2. The predicted octanol–water partition coefficient (Wildman–Crippen LogP) is 3.35. The summed E-state index contributed by atoms with van der Waals surface area (Å²) in [7, 11) is 3.10. The number of hydrogen-bond donors (Lipinski definition) is 0. The van der Waals surface area contributed by atoms with E-state index in [2.05, 4.69) is 4.98 Å². The summed E-state index contributed by atoms with van der Waals surface area (Å²) in [6.45, 7) is 1.95. The highest BCUT2D eigenvalue weighted by molar-refractivity contribution is 7.13. The quantitative estimate of drug-likeness (QED) is 0.575. The molecule has 0 atom stereocenters. The van der Waals surface area contributed by atoms with Gasteiger partial charge in [0, 0.05) is 43.2 Å². The van der Waals surface area contributed by atoms with Crippen molar-refractivity contribution in [1.29, 1.82) is 0 Å². The van der Waals surface area contributed by atoms with E-state index in [1.165, 1.54) is 7.11 Å². The van der Waals surface area contributed by atoms with Crippen LogP contribution >= 0.6 is 11.3 Å². The molecule has 166 valence electrons. The third-order valence-electron chi connectivity index (χ3n) is 5.46. The van der Waals surface area contributed by atoms with Crippen LogP contribution in [0.25, 0.3) is 10.6 Å². The zero-order chi connectivity index (χ0) is 22.5. The Bertz CT molecular complexity index is 1090. The summed E-state index contributed by atoms with van der Waals surface area (Å²) >= 11 is 1.54. The average Bonchev–Trinajstić information content (AvgIpc) is 3.32. The van der Waals surface area contributed by atoms with Gasteiger partial charge >= 0.3 is 0 Å². The monoisotopic (exact) mass is 451 g/mol. The van der Waals surface area contributed by atoms with Crippen molar-refractivity contribution in [3.8, 4) is 22.1 Å². The van der Waals surface area contributed by atoms with Crippen molar-refractivity contribution in [2.45, 2.75) is 6.42 Å². The lowest BCUT2D eigenvalue weighted by Gasteiger charge is -2.35. The standard InChI is InChI=1S/C24H25N3O4S/c1-30-19-8-9-20(21(15-19)31-2)24(29)27-12-10-26(11-13-27)22(28)14-18-16-32-23(25-18)17-6-4-3-5-7-17/h3-9,15-16H,10-14H2,1-2H3. The molecule has 1 aliphatic rings. The van der Waals surface area contributed by atoms with Crippen molar-refractivity contribution in [3.05, 3.63) is 65.2 Å². The fourth-order valence-electron chi connectivity index (χ4n) is 3.67. The van der Waals surface area contributed by atoms with Gasteiger partial charge in [-0.15, -0.1) is 11.3 Å². The molecule has 0 saturated carbocycles. The first-order valence-electron chi connectivity index (χ1n) is 10.4. The predicted molar refractivity (Wildman–Crippen MR) is 123 cm³/mol. The van der Waals surface area contributed by atoms with E-state index in [4.69, 9.17) is 9.47 Å². The van der Waals surface area contributed by atoms with Crippen LogP contribution in [0, 0.1) is 0 Å².